The Bertz CT molecular complexity index is 1640. The largest absolute Gasteiger partial charge is 0.494 e. The fourth-order valence-electron chi connectivity index (χ4n) is 7.19. The zero-order valence-corrected chi connectivity index (χ0v) is 25.8. The Labute approximate surface area is 254 Å². The van der Waals surface area contributed by atoms with Gasteiger partial charge in [-0.05, 0) is 101 Å². The van der Waals surface area contributed by atoms with Crippen molar-refractivity contribution in [1.29, 1.82) is 0 Å². The number of hydrogen-bond acceptors (Lipinski definition) is 6. The van der Waals surface area contributed by atoms with Gasteiger partial charge in [-0.3, -0.25) is 4.79 Å². The zero-order chi connectivity index (χ0) is 29.7. The van der Waals surface area contributed by atoms with E-state index in [0.29, 0.717) is 42.3 Å². The SMILES string of the molecule is COc1cc(C(=O)N2CCC[C@@H](CN)C2)cc2nc(-c3cc4cccc(NC5CCN(C)CC5)c4n3CC3CC3)n(C)c12. The summed E-state index contributed by atoms with van der Waals surface area (Å²) in [5.41, 5.74) is 11.8. The molecule has 1 amide bonds. The summed E-state index contributed by atoms with van der Waals surface area (Å²) in [4.78, 5) is 23.2. The second kappa shape index (κ2) is 11.5. The van der Waals surface area contributed by atoms with E-state index in [1.54, 1.807) is 7.11 Å². The van der Waals surface area contributed by atoms with Gasteiger partial charge in [-0.2, -0.15) is 0 Å². The summed E-state index contributed by atoms with van der Waals surface area (Å²) >= 11 is 0. The summed E-state index contributed by atoms with van der Waals surface area (Å²) < 4.78 is 10.5. The molecule has 4 heterocycles. The third-order valence-corrected chi connectivity index (χ3v) is 9.91. The van der Waals surface area contributed by atoms with Gasteiger partial charge in [-0.15, -0.1) is 0 Å². The van der Waals surface area contributed by atoms with E-state index < -0.39 is 0 Å². The van der Waals surface area contributed by atoms with Crippen molar-refractivity contribution >= 4 is 33.5 Å². The number of imidazole rings is 1. The number of para-hydroxylation sites is 1. The van der Waals surface area contributed by atoms with E-state index in [1.165, 1.54) is 29.4 Å². The van der Waals surface area contributed by atoms with Gasteiger partial charge in [0.2, 0.25) is 0 Å². The summed E-state index contributed by atoms with van der Waals surface area (Å²) in [6.45, 7) is 5.31. The Morgan fingerprint density at radius 2 is 1.84 bits per heavy atom. The van der Waals surface area contributed by atoms with Crippen LogP contribution in [0.1, 0.15) is 48.9 Å². The lowest BCUT2D eigenvalue weighted by atomic mass is 9.97. The van der Waals surface area contributed by atoms with Crippen molar-refractivity contribution < 1.29 is 9.53 Å². The minimum absolute atomic E-state index is 0.0259. The first-order chi connectivity index (χ1) is 20.9. The third-order valence-electron chi connectivity index (χ3n) is 9.91. The molecule has 9 heteroatoms. The number of carbonyl (C=O) groups excluding carboxylic acids is 1. The van der Waals surface area contributed by atoms with E-state index in [-0.39, 0.29) is 5.91 Å². The Morgan fingerprint density at radius 3 is 2.58 bits per heavy atom. The molecule has 9 nitrogen and oxygen atoms in total. The maximum atomic E-state index is 13.6. The maximum absolute atomic E-state index is 13.6. The summed E-state index contributed by atoms with van der Waals surface area (Å²) in [7, 11) is 5.94. The number of piperidine rings is 2. The van der Waals surface area contributed by atoms with Gasteiger partial charge in [-0.1, -0.05) is 12.1 Å². The van der Waals surface area contributed by atoms with Gasteiger partial charge >= 0.3 is 0 Å². The third kappa shape index (κ3) is 5.38. The van der Waals surface area contributed by atoms with Crippen LogP contribution in [0, 0.1) is 11.8 Å². The number of hydrogen-bond donors (Lipinski definition) is 2. The van der Waals surface area contributed by atoms with E-state index >= 15 is 0 Å². The summed E-state index contributed by atoms with van der Waals surface area (Å²) in [5.74, 6) is 2.64. The molecule has 228 valence electrons. The number of benzene rings is 2. The smallest absolute Gasteiger partial charge is 0.254 e. The number of nitrogens with one attached hydrogen (secondary N) is 1. The number of nitrogens with zero attached hydrogens (tertiary/aromatic N) is 5. The Balaban J connectivity index is 1.30. The van der Waals surface area contributed by atoms with Crippen molar-refractivity contribution in [2.75, 3.05) is 52.2 Å². The van der Waals surface area contributed by atoms with Gasteiger partial charge in [0.05, 0.1) is 29.5 Å². The first-order valence-electron chi connectivity index (χ1n) is 16.0. The van der Waals surface area contributed by atoms with E-state index in [9.17, 15) is 4.79 Å². The van der Waals surface area contributed by atoms with Crippen LogP contribution in [-0.4, -0.2) is 82.7 Å². The average molecular weight is 584 g/mol. The molecule has 7 rings (SSSR count). The number of rotatable bonds is 8. The van der Waals surface area contributed by atoms with Gasteiger partial charge in [0.1, 0.15) is 11.3 Å². The standard InChI is InChI=1S/C34H45N7O2/c1-38-14-11-26(12-15-38)36-27-8-4-7-24-17-29(41(31(24)27)21-22-9-10-22)33-37-28-16-25(18-30(43-3)32(28)39(33)2)34(42)40-13-5-6-23(19-35)20-40/h4,7-8,16-18,22-23,26,36H,5-6,9-15,19-21,35H2,1-3H3/t23-/m0/s1. The summed E-state index contributed by atoms with van der Waals surface area (Å²) in [5, 5.41) is 5.14. The number of fused-ring (bicyclic) bond motifs is 2. The highest BCUT2D eigenvalue weighted by atomic mass is 16.5. The number of amides is 1. The quantitative estimate of drug-likeness (QED) is 0.306. The average Bonchev–Trinajstić information content (AvgIpc) is 3.69. The Morgan fingerprint density at radius 1 is 1.02 bits per heavy atom. The molecule has 3 N–H and O–H groups in total. The van der Waals surface area contributed by atoms with Crippen molar-refractivity contribution in [3.05, 3.63) is 42.0 Å². The van der Waals surface area contributed by atoms with Gasteiger partial charge < -0.3 is 34.7 Å². The summed E-state index contributed by atoms with van der Waals surface area (Å²) in [6, 6.07) is 13.2. The number of likely N-dealkylation sites (tertiary alicyclic amines) is 2. The number of aryl methyl sites for hydroxylation is 1. The van der Waals surface area contributed by atoms with Crippen LogP contribution in [0.25, 0.3) is 33.5 Å². The molecule has 4 aromatic rings. The predicted octanol–water partition coefficient (Wildman–Crippen LogP) is 4.93. The van der Waals surface area contributed by atoms with Gasteiger partial charge in [0, 0.05) is 43.7 Å². The van der Waals surface area contributed by atoms with Crippen LogP contribution >= 0.6 is 0 Å². The molecule has 2 aromatic heterocycles. The first kappa shape index (κ1) is 28.2. The lowest BCUT2D eigenvalue weighted by Gasteiger charge is -2.32. The molecule has 2 saturated heterocycles. The van der Waals surface area contributed by atoms with Crippen molar-refractivity contribution in [2.24, 2.45) is 24.6 Å². The molecule has 3 fully saturated rings. The maximum Gasteiger partial charge on any atom is 0.254 e. The number of carbonyl (C=O) groups is 1. The molecule has 2 aliphatic heterocycles. The Kier molecular flexibility index (Phi) is 7.55. The first-order valence-corrected chi connectivity index (χ1v) is 16.0. The lowest BCUT2D eigenvalue weighted by Crippen LogP contribution is -2.42. The van der Waals surface area contributed by atoms with Gasteiger partial charge in [0.25, 0.3) is 5.91 Å². The molecule has 1 atom stereocenters. The van der Waals surface area contributed by atoms with Crippen LogP contribution < -0.4 is 15.8 Å². The molecule has 1 aliphatic carbocycles. The van der Waals surface area contributed by atoms with Crippen molar-refractivity contribution in [2.45, 2.75) is 51.1 Å². The highest BCUT2D eigenvalue weighted by Crippen LogP contribution is 2.40. The van der Waals surface area contributed by atoms with E-state index in [1.807, 2.05) is 17.0 Å². The van der Waals surface area contributed by atoms with Crippen molar-refractivity contribution in [3.8, 4) is 17.3 Å². The molecular weight excluding hydrogens is 538 g/mol. The van der Waals surface area contributed by atoms with Gasteiger partial charge in [-0.25, -0.2) is 4.98 Å². The topological polar surface area (TPSA) is 93.6 Å². The molecule has 0 spiro atoms. The highest BCUT2D eigenvalue weighted by Gasteiger charge is 2.29. The van der Waals surface area contributed by atoms with Crippen molar-refractivity contribution in [3.63, 3.8) is 0 Å². The van der Waals surface area contributed by atoms with Crippen LogP contribution in [0.3, 0.4) is 0 Å². The second-order valence-corrected chi connectivity index (χ2v) is 13.1. The molecule has 2 aromatic carbocycles. The highest BCUT2D eigenvalue weighted by molar-refractivity contribution is 6.01. The van der Waals surface area contributed by atoms with E-state index in [2.05, 4.69) is 57.7 Å². The fraction of sp³-hybridized carbons (Fsp3) is 0.529. The molecule has 0 bridgehead atoms. The fourth-order valence-corrected chi connectivity index (χ4v) is 7.19. The van der Waals surface area contributed by atoms with E-state index in [4.69, 9.17) is 15.5 Å². The number of methoxy groups -OCH3 is 1. The van der Waals surface area contributed by atoms with Crippen LogP contribution in [0.5, 0.6) is 5.75 Å². The minimum Gasteiger partial charge on any atom is -0.494 e. The number of anilines is 1. The lowest BCUT2D eigenvalue weighted by molar-refractivity contribution is 0.0678. The normalized spacial score (nSPS) is 20.3. The molecule has 1 saturated carbocycles. The number of ether oxygens (including phenoxy) is 1. The Hall–Kier alpha value is -3.56. The van der Waals surface area contributed by atoms with Crippen LogP contribution in [0.4, 0.5) is 5.69 Å². The number of aromatic nitrogens is 3. The van der Waals surface area contributed by atoms with E-state index in [0.717, 1.165) is 74.4 Å². The number of nitrogens with two attached hydrogens (primary N) is 1. The second-order valence-electron chi connectivity index (χ2n) is 13.1. The zero-order valence-electron chi connectivity index (χ0n) is 25.8. The van der Waals surface area contributed by atoms with Crippen LogP contribution in [0.2, 0.25) is 0 Å². The monoisotopic (exact) mass is 583 g/mol. The summed E-state index contributed by atoms with van der Waals surface area (Å²) in [6.07, 6.45) is 6.91. The predicted molar refractivity (Wildman–Crippen MR) is 173 cm³/mol. The molecule has 3 aliphatic rings. The molecule has 0 radical (unpaired) electrons. The minimum atomic E-state index is 0.0259. The molecular formula is C34H45N7O2. The van der Waals surface area contributed by atoms with Crippen molar-refractivity contribution in [1.82, 2.24) is 23.9 Å². The van der Waals surface area contributed by atoms with Gasteiger partial charge in [0.15, 0.2) is 5.82 Å². The van der Waals surface area contributed by atoms with Crippen LogP contribution in [-0.2, 0) is 13.6 Å². The molecule has 43 heavy (non-hydrogen) atoms. The van der Waals surface area contributed by atoms with Crippen LogP contribution in [0.15, 0.2) is 36.4 Å². The molecule has 0 unspecified atom stereocenters.